The van der Waals surface area contributed by atoms with Crippen molar-refractivity contribution in [2.75, 3.05) is 0 Å². The Kier molecular flexibility index (Phi) is 6.87. The number of carbonyl (C=O) groups is 2. The van der Waals surface area contributed by atoms with Crippen LogP contribution in [0.15, 0.2) is 60.7 Å². The monoisotopic (exact) mass is 460 g/mol. The van der Waals surface area contributed by atoms with Gasteiger partial charge in [0.15, 0.2) is 11.6 Å². The van der Waals surface area contributed by atoms with E-state index in [-0.39, 0.29) is 17.7 Å². The lowest BCUT2D eigenvalue weighted by Crippen LogP contribution is -2.30. The Morgan fingerprint density at radius 2 is 1.68 bits per heavy atom. The standard InChI is InChI=1S/C29H32O5/c1-18-14-15-24(30)27-25(33-29(4,5)34-27)13-9-12-22-17-23(21-10-7-6-8-11-21)16-19(2)26(22)28(31)32-20(18)3/h6-12,14-18,20,25,27H,13H2,1-5H3/b12-9+,15-14-/t18-,20+,25+,27-/m1/s1. The van der Waals surface area contributed by atoms with E-state index in [1.165, 1.54) is 6.08 Å². The number of ether oxygens (including phenoxy) is 3. The summed E-state index contributed by atoms with van der Waals surface area (Å²) < 4.78 is 17.8. The molecule has 2 aromatic carbocycles. The van der Waals surface area contributed by atoms with Gasteiger partial charge in [0.1, 0.15) is 12.2 Å². The summed E-state index contributed by atoms with van der Waals surface area (Å²) in [5, 5.41) is 0. The third-order valence-corrected chi connectivity index (χ3v) is 6.40. The molecule has 34 heavy (non-hydrogen) atoms. The first-order chi connectivity index (χ1) is 16.1. The summed E-state index contributed by atoms with van der Waals surface area (Å²) in [5.74, 6) is -1.50. The Bertz CT molecular complexity index is 1130. The second-order valence-electron chi connectivity index (χ2n) is 9.59. The van der Waals surface area contributed by atoms with Crippen LogP contribution >= 0.6 is 0 Å². The SMILES string of the molecule is Cc1cc(-c2ccccc2)cc2c1C(=O)O[C@@H](C)[C@H](C)/C=C\C(=O)[C@H]1OC(C)(C)O[C@H]1C/C=C/2. The van der Waals surface area contributed by atoms with Crippen LogP contribution < -0.4 is 0 Å². The number of carbonyl (C=O) groups excluding carboxylic acids is 2. The summed E-state index contributed by atoms with van der Waals surface area (Å²) in [6.07, 6.45) is 6.14. The lowest BCUT2D eigenvalue weighted by Gasteiger charge is -2.20. The van der Waals surface area contributed by atoms with Crippen molar-refractivity contribution in [3.8, 4) is 11.1 Å². The largest absolute Gasteiger partial charge is 0.458 e. The van der Waals surface area contributed by atoms with Crippen LogP contribution in [0.5, 0.6) is 0 Å². The number of hydrogen-bond donors (Lipinski definition) is 0. The molecule has 0 radical (unpaired) electrons. The molecule has 2 aliphatic heterocycles. The highest BCUT2D eigenvalue weighted by Crippen LogP contribution is 2.32. The van der Waals surface area contributed by atoms with Gasteiger partial charge >= 0.3 is 5.97 Å². The quantitative estimate of drug-likeness (QED) is 0.496. The van der Waals surface area contributed by atoms with Crippen molar-refractivity contribution >= 4 is 17.8 Å². The second kappa shape index (κ2) is 9.69. The molecule has 0 saturated carbocycles. The molecule has 0 bridgehead atoms. The van der Waals surface area contributed by atoms with Crippen LogP contribution in [-0.2, 0) is 19.0 Å². The molecule has 178 valence electrons. The van der Waals surface area contributed by atoms with Gasteiger partial charge in [-0.3, -0.25) is 4.79 Å². The first kappa shape index (κ1) is 24.1. The molecule has 1 fully saturated rings. The zero-order valence-corrected chi connectivity index (χ0v) is 20.4. The third kappa shape index (κ3) is 5.21. The van der Waals surface area contributed by atoms with Gasteiger partial charge in [-0.05, 0) is 68.5 Å². The molecule has 2 heterocycles. The van der Waals surface area contributed by atoms with Gasteiger partial charge in [-0.15, -0.1) is 0 Å². The van der Waals surface area contributed by atoms with Gasteiger partial charge in [0.2, 0.25) is 0 Å². The van der Waals surface area contributed by atoms with Crippen LogP contribution in [0.2, 0.25) is 0 Å². The predicted octanol–water partition coefficient (Wildman–Crippen LogP) is 5.91. The van der Waals surface area contributed by atoms with Crippen molar-refractivity contribution in [1.29, 1.82) is 0 Å². The maximum atomic E-state index is 13.2. The topological polar surface area (TPSA) is 61.8 Å². The average Bonchev–Trinajstić information content (AvgIpc) is 3.11. The van der Waals surface area contributed by atoms with Crippen LogP contribution in [0, 0.1) is 12.8 Å². The molecule has 0 aromatic heterocycles. The number of rotatable bonds is 1. The molecule has 4 rings (SSSR count). The minimum Gasteiger partial charge on any atom is -0.458 e. The normalized spacial score (nSPS) is 28.9. The molecule has 0 unspecified atom stereocenters. The molecule has 4 atom stereocenters. The van der Waals surface area contributed by atoms with E-state index in [1.54, 1.807) is 6.08 Å². The Morgan fingerprint density at radius 1 is 0.941 bits per heavy atom. The maximum absolute atomic E-state index is 13.2. The highest BCUT2D eigenvalue weighted by atomic mass is 16.8. The molecule has 0 aliphatic carbocycles. The minimum absolute atomic E-state index is 0.144. The van der Waals surface area contributed by atoms with Gasteiger partial charge in [0.25, 0.3) is 0 Å². The highest BCUT2D eigenvalue weighted by Gasteiger charge is 2.43. The van der Waals surface area contributed by atoms with Gasteiger partial charge < -0.3 is 14.2 Å². The lowest BCUT2D eigenvalue weighted by atomic mass is 9.93. The van der Waals surface area contributed by atoms with E-state index in [0.29, 0.717) is 12.0 Å². The van der Waals surface area contributed by atoms with Gasteiger partial charge in [0, 0.05) is 5.92 Å². The Balaban J connectivity index is 1.78. The van der Waals surface area contributed by atoms with Crippen LogP contribution in [0.3, 0.4) is 0 Å². The van der Waals surface area contributed by atoms with Crippen molar-refractivity contribution in [1.82, 2.24) is 0 Å². The van der Waals surface area contributed by atoms with Crippen molar-refractivity contribution in [3.63, 3.8) is 0 Å². The summed E-state index contributed by atoms with van der Waals surface area (Å²) in [6, 6.07) is 14.1. The minimum atomic E-state index is -0.840. The van der Waals surface area contributed by atoms with Gasteiger partial charge in [-0.2, -0.15) is 0 Å². The van der Waals surface area contributed by atoms with Crippen molar-refractivity contribution in [2.24, 2.45) is 5.92 Å². The summed E-state index contributed by atoms with van der Waals surface area (Å²) in [4.78, 5) is 26.1. The average molecular weight is 461 g/mol. The second-order valence-corrected chi connectivity index (χ2v) is 9.59. The number of benzene rings is 2. The summed E-state index contributed by atoms with van der Waals surface area (Å²) in [7, 11) is 0. The van der Waals surface area contributed by atoms with Crippen molar-refractivity contribution in [3.05, 3.63) is 77.4 Å². The zero-order valence-electron chi connectivity index (χ0n) is 20.4. The molecule has 0 amide bonds. The van der Waals surface area contributed by atoms with E-state index >= 15 is 0 Å². The molecular formula is C29H32O5. The number of aryl methyl sites for hydroxylation is 1. The first-order valence-corrected chi connectivity index (χ1v) is 11.8. The van der Waals surface area contributed by atoms with Crippen LogP contribution in [0.4, 0.5) is 0 Å². The summed E-state index contributed by atoms with van der Waals surface area (Å²) in [5.41, 5.74) is 4.27. The number of esters is 1. The van der Waals surface area contributed by atoms with Crippen LogP contribution in [-0.4, -0.2) is 35.9 Å². The molecule has 5 nitrogen and oxygen atoms in total. The number of hydrogen-bond acceptors (Lipinski definition) is 5. The van der Waals surface area contributed by atoms with E-state index in [0.717, 1.165) is 22.3 Å². The Morgan fingerprint density at radius 3 is 2.41 bits per heavy atom. The lowest BCUT2D eigenvalue weighted by molar-refractivity contribution is -0.152. The maximum Gasteiger partial charge on any atom is 0.339 e. The molecule has 2 aromatic rings. The Labute approximate surface area is 201 Å². The van der Waals surface area contributed by atoms with Gasteiger partial charge in [0.05, 0.1) is 11.7 Å². The first-order valence-electron chi connectivity index (χ1n) is 11.8. The molecule has 5 heteroatoms. The van der Waals surface area contributed by atoms with E-state index in [1.807, 2.05) is 89.2 Å². The van der Waals surface area contributed by atoms with E-state index in [4.69, 9.17) is 14.2 Å². The number of cyclic esters (lactones) is 1. The fourth-order valence-corrected chi connectivity index (χ4v) is 4.43. The molecule has 0 N–H and O–H groups in total. The van der Waals surface area contributed by atoms with E-state index < -0.39 is 24.1 Å². The number of fused-ring (bicyclic) bond motifs is 2. The number of ketones is 1. The summed E-state index contributed by atoms with van der Waals surface area (Å²) in [6.45, 7) is 9.33. The van der Waals surface area contributed by atoms with E-state index in [2.05, 4.69) is 0 Å². The molecular weight excluding hydrogens is 428 g/mol. The van der Waals surface area contributed by atoms with Gasteiger partial charge in [-0.25, -0.2) is 4.79 Å². The fraction of sp³-hybridized carbons (Fsp3) is 0.379. The Hall–Kier alpha value is -3.02. The van der Waals surface area contributed by atoms with Crippen LogP contribution in [0.25, 0.3) is 17.2 Å². The summed E-state index contributed by atoms with van der Waals surface area (Å²) >= 11 is 0. The van der Waals surface area contributed by atoms with E-state index in [9.17, 15) is 9.59 Å². The third-order valence-electron chi connectivity index (χ3n) is 6.40. The highest BCUT2D eigenvalue weighted by molar-refractivity contribution is 5.97. The van der Waals surface area contributed by atoms with Crippen molar-refractivity contribution in [2.45, 2.75) is 65.1 Å². The zero-order chi connectivity index (χ0) is 24.5. The van der Waals surface area contributed by atoms with Crippen LogP contribution in [0.1, 0.15) is 55.6 Å². The molecule has 1 saturated heterocycles. The van der Waals surface area contributed by atoms with Crippen molar-refractivity contribution < 1.29 is 23.8 Å². The fourth-order valence-electron chi connectivity index (χ4n) is 4.43. The smallest absolute Gasteiger partial charge is 0.339 e. The molecule has 0 spiro atoms. The molecule has 2 aliphatic rings. The van der Waals surface area contributed by atoms with Gasteiger partial charge in [-0.1, -0.05) is 61.5 Å². The predicted molar refractivity (Wildman–Crippen MR) is 132 cm³/mol.